The van der Waals surface area contributed by atoms with Crippen LogP contribution in [0.4, 0.5) is 0 Å². The molecular formula is C40H25N3. The van der Waals surface area contributed by atoms with E-state index in [4.69, 9.17) is 4.98 Å². The lowest BCUT2D eigenvalue weighted by Gasteiger charge is -2.17. The standard InChI is InChI=1S/C40H25N3/c1-2-13-26(14-3-1)32-25-33-28-16-5-7-18-30(28)38-31-19-8-9-22-36(31)43(40(38)39(33)29-17-6-4-15-27(29)32)37-23-12-21-35(42-37)34-20-10-11-24-41-34/h1-25H. The van der Waals surface area contributed by atoms with Crippen LogP contribution in [0.5, 0.6) is 0 Å². The van der Waals surface area contributed by atoms with Crippen LogP contribution in [0.15, 0.2) is 152 Å². The second kappa shape index (κ2) is 9.37. The highest BCUT2D eigenvalue weighted by atomic mass is 15.1. The Kier molecular flexibility index (Phi) is 5.20. The van der Waals surface area contributed by atoms with Crippen LogP contribution in [0.3, 0.4) is 0 Å². The van der Waals surface area contributed by atoms with Gasteiger partial charge in [-0.05, 0) is 74.5 Å². The Hall–Kier alpha value is -5.80. The highest BCUT2D eigenvalue weighted by Crippen LogP contribution is 2.46. The molecule has 0 unspecified atom stereocenters. The van der Waals surface area contributed by atoms with Crippen molar-refractivity contribution in [1.29, 1.82) is 0 Å². The summed E-state index contributed by atoms with van der Waals surface area (Å²) < 4.78 is 2.36. The van der Waals surface area contributed by atoms with Crippen LogP contribution >= 0.6 is 0 Å². The van der Waals surface area contributed by atoms with Gasteiger partial charge in [0.25, 0.3) is 0 Å². The molecule has 0 saturated heterocycles. The Morgan fingerprint density at radius 2 is 1.07 bits per heavy atom. The third-order valence-electron chi connectivity index (χ3n) is 8.62. The molecule has 0 amide bonds. The van der Waals surface area contributed by atoms with Gasteiger partial charge in [0.2, 0.25) is 0 Å². The van der Waals surface area contributed by atoms with Crippen LogP contribution in [0.2, 0.25) is 0 Å². The summed E-state index contributed by atoms with van der Waals surface area (Å²) in [6.07, 6.45) is 1.82. The zero-order chi connectivity index (χ0) is 28.3. The van der Waals surface area contributed by atoms with Crippen LogP contribution in [0.25, 0.3) is 82.5 Å². The average Bonchev–Trinajstić information content (AvgIpc) is 3.44. The monoisotopic (exact) mass is 547 g/mol. The largest absolute Gasteiger partial charge is 0.293 e. The number of aromatic nitrogens is 3. The molecule has 0 fully saturated rings. The number of pyridine rings is 2. The molecule has 9 aromatic rings. The number of hydrogen-bond donors (Lipinski definition) is 0. The van der Waals surface area contributed by atoms with E-state index in [1.54, 1.807) is 0 Å². The molecule has 0 N–H and O–H groups in total. The van der Waals surface area contributed by atoms with Crippen LogP contribution in [0.1, 0.15) is 0 Å². The minimum Gasteiger partial charge on any atom is -0.293 e. The molecule has 43 heavy (non-hydrogen) atoms. The smallest absolute Gasteiger partial charge is 0.138 e. The van der Waals surface area contributed by atoms with E-state index in [2.05, 4.69) is 131 Å². The molecule has 0 radical (unpaired) electrons. The first-order chi connectivity index (χ1) is 21.4. The number of para-hydroxylation sites is 1. The van der Waals surface area contributed by atoms with Gasteiger partial charge in [0.1, 0.15) is 5.82 Å². The van der Waals surface area contributed by atoms with Gasteiger partial charge in [0.05, 0.1) is 22.4 Å². The Morgan fingerprint density at radius 1 is 0.442 bits per heavy atom. The first-order valence-electron chi connectivity index (χ1n) is 14.6. The lowest BCUT2D eigenvalue weighted by atomic mass is 9.89. The predicted molar refractivity (Wildman–Crippen MR) is 180 cm³/mol. The lowest BCUT2D eigenvalue weighted by Crippen LogP contribution is -2.00. The minimum atomic E-state index is 0.852. The van der Waals surface area contributed by atoms with Crippen LogP contribution in [-0.2, 0) is 0 Å². The van der Waals surface area contributed by atoms with Crippen molar-refractivity contribution < 1.29 is 0 Å². The van der Waals surface area contributed by atoms with Crippen molar-refractivity contribution >= 4 is 54.1 Å². The van der Waals surface area contributed by atoms with Gasteiger partial charge in [0.15, 0.2) is 0 Å². The van der Waals surface area contributed by atoms with Crippen molar-refractivity contribution in [2.75, 3.05) is 0 Å². The molecule has 0 atom stereocenters. The molecule has 0 aliphatic rings. The van der Waals surface area contributed by atoms with E-state index in [0.717, 1.165) is 22.7 Å². The maximum absolute atomic E-state index is 5.22. The van der Waals surface area contributed by atoms with Crippen LogP contribution in [0, 0.1) is 0 Å². The average molecular weight is 548 g/mol. The summed E-state index contributed by atoms with van der Waals surface area (Å²) >= 11 is 0. The van der Waals surface area contributed by atoms with Crippen molar-refractivity contribution in [1.82, 2.24) is 14.5 Å². The summed E-state index contributed by atoms with van der Waals surface area (Å²) in [4.78, 5) is 9.81. The third kappa shape index (κ3) is 3.55. The quantitative estimate of drug-likeness (QED) is 0.206. The zero-order valence-corrected chi connectivity index (χ0v) is 23.3. The van der Waals surface area contributed by atoms with E-state index < -0.39 is 0 Å². The van der Waals surface area contributed by atoms with Crippen molar-refractivity contribution in [2.24, 2.45) is 0 Å². The molecule has 6 aromatic carbocycles. The molecule has 3 nitrogen and oxygen atoms in total. The summed E-state index contributed by atoms with van der Waals surface area (Å²) in [7, 11) is 0. The molecule has 0 aliphatic heterocycles. The molecule has 9 rings (SSSR count). The van der Waals surface area contributed by atoms with E-state index in [-0.39, 0.29) is 0 Å². The van der Waals surface area contributed by atoms with Gasteiger partial charge in [-0.3, -0.25) is 9.55 Å². The summed E-state index contributed by atoms with van der Waals surface area (Å²) in [5.74, 6) is 0.877. The zero-order valence-electron chi connectivity index (χ0n) is 23.3. The Balaban J connectivity index is 1.53. The predicted octanol–water partition coefficient (Wildman–Crippen LogP) is 10.4. The van der Waals surface area contributed by atoms with Gasteiger partial charge < -0.3 is 0 Å². The summed E-state index contributed by atoms with van der Waals surface area (Å²) in [5, 5.41) is 9.93. The second-order valence-electron chi connectivity index (χ2n) is 11.0. The molecule has 3 heterocycles. The summed E-state index contributed by atoms with van der Waals surface area (Å²) in [5.41, 5.74) is 6.48. The van der Waals surface area contributed by atoms with E-state index in [1.165, 1.54) is 59.7 Å². The van der Waals surface area contributed by atoms with Crippen molar-refractivity contribution in [2.45, 2.75) is 0 Å². The Labute approximate surface area is 248 Å². The van der Waals surface area contributed by atoms with Gasteiger partial charge in [-0.2, -0.15) is 0 Å². The van der Waals surface area contributed by atoms with Crippen LogP contribution in [-0.4, -0.2) is 14.5 Å². The lowest BCUT2D eigenvalue weighted by molar-refractivity contribution is 1.08. The first-order valence-corrected chi connectivity index (χ1v) is 14.6. The van der Waals surface area contributed by atoms with Gasteiger partial charge in [0, 0.05) is 22.4 Å². The Morgan fingerprint density at radius 3 is 1.86 bits per heavy atom. The van der Waals surface area contributed by atoms with Gasteiger partial charge in [-0.25, -0.2) is 4.98 Å². The fraction of sp³-hybridized carbons (Fsp3) is 0. The Bertz CT molecular complexity index is 2490. The van der Waals surface area contributed by atoms with Gasteiger partial charge >= 0.3 is 0 Å². The highest BCUT2D eigenvalue weighted by molar-refractivity contribution is 6.37. The molecule has 200 valence electrons. The summed E-state index contributed by atoms with van der Waals surface area (Å²) in [6, 6.07) is 51.7. The third-order valence-corrected chi connectivity index (χ3v) is 8.62. The fourth-order valence-corrected chi connectivity index (χ4v) is 6.83. The van der Waals surface area contributed by atoms with Crippen LogP contribution < -0.4 is 0 Å². The van der Waals surface area contributed by atoms with Gasteiger partial charge in [-0.1, -0.05) is 109 Å². The number of fused-ring (bicyclic) bond motifs is 10. The molecule has 0 bridgehead atoms. The normalized spacial score (nSPS) is 11.7. The highest BCUT2D eigenvalue weighted by Gasteiger charge is 2.22. The number of hydrogen-bond acceptors (Lipinski definition) is 2. The molecule has 3 aromatic heterocycles. The van der Waals surface area contributed by atoms with E-state index in [0.29, 0.717) is 0 Å². The topological polar surface area (TPSA) is 30.7 Å². The molecule has 0 saturated carbocycles. The molecular weight excluding hydrogens is 522 g/mol. The van der Waals surface area contributed by atoms with Crippen molar-refractivity contribution in [3.8, 4) is 28.3 Å². The first kappa shape index (κ1) is 23.9. The van der Waals surface area contributed by atoms with Gasteiger partial charge in [-0.15, -0.1) is 0 Å². The SMILES string of the molecule is c1ccc(-c2cc3c4ccccc4c4c5ccccc5n(-c5cccc(-c6ccccn6)n5)c4c3c3ccccc23)cc1. The fourth-order valence-electron chi connectivity index (χ4n) is 6.83. The molecule has 3 heteroatoms. The molecule has 0 spiro atoms. The number of rotatable bonds is 3. The van der Waals surface area contributed by atoms with E-state index in [1.807, 2.05) is 30.5 Å². The number of nitrogens with zero attached hydrogens (tertiary/aromatic N) is 3. The second-order valence-corrected chi connectivity index (χ2v) is 11.0. The maximum atomic E-state index is 5.22. The van der Waals surface area contributed by atoms with Crippen molar-refractivity contribution in [3.63, 3.8) is 0 Å². The van der Waals surface area contributed by atoms with E-state index in [9.17, 15) is 0 Å². The van der Waals surface area contributed by atoms with E-state index >= 15 is 0 Å². The van der Waals surface area contributed by atoms with Crippen molar-refractivity contribution in [3.05, 3.63) is 152 Å². The summed E-state index contributed by atoms with van der Waals surface area (Å²) in [6.45, 7) is 0. The maximum Gasteiger partial charge on any atom is 0.138 e. The number of benzene rings is 6. The minimum absolute atomic E-state index is 0.852. The molecule has 0 aliphatic carbocycles.